The first kappa shape index (κ1) is 36.8. The Labute approximate surface area is 252 Å². The Hall–Kier alpha value is -1.38. The molecule has 42 heavy (non-hydrogen) atoms. The molecule has 2 fully saturated rings. The van der Waals surface area contributed by atoms with Crippen molar-refractivity contribution in [2.45, 2.75) is 102 Å². The molecule has 2 unspecified atom stereocenters. The van der Waals surface area contributed by atoms with Crippen LogP contribution in [0.25, 0.3) is 0 Å². The summed E-state index contributed by atoms with van der Waals surface area (Å²) < 4.78 is 12.0. The van der Waals surface area contributed by atoms with E-state index in [1.807, 2.05) is 0 Å². The average Bonchev–Trinajstić information content (AvgIpc) is 2.96. The van der Waals surface area contributed by atoms with Crippen LogP contribution in [0.4, 0.5) is 0 Å². The summed E-state index contributed by atoms with van der Waals surface area (Å²) in [7, 11) is 0. The number of ether oxygens (including phenoxy) is 2. The molecule has 0 saturated carbocycles. The third-order valence-electron chi connectivity index (χ3n) is 8.09. The quantitative estimate of drug-likeness (QED) is 0.0556. The third kappa shape index (κ3) is 15.4. The van der Waals surface area contributed by atoms with E-state index in [0.29, 0.717) is 39.1 Å². The Morgan fingerprint density at radius 2 is 0.976 bits per heavy atom. The Bertz CT molecular complexity index is 696. The summed E-state index contributed by atoms with van der Waals surface area (Å²) in [6.45, 7) is 5.27. The fraction of sp³-hybridized carbons (Fsp3) is 0.933. The van der Waals surface area contributed by atoms with Gasteiger partial charge >= 0.3 is 0 Å². The lowest BCUT2D eigenvalue weighted by Crippen LogP contribution is -2.53. The largest absolute Gasteiger partial charge is 0.858 e. The van der Waals surface area contributed by atoms with E-state index in [1.54, 1.807) is 0 Å². The van der Waals surface area contributed by atoms with Crippen molar-refractivity contribution < 1.29 is 49.3 Å². The highest BCUT2D eigenvalue weighted by Gasteiger charge is 2.34. The van der Waals surface area contributed by atoms with Gasteiger partial charge in [0.1, 0.15) is 51.5 Å². The molecule has 2 aliphatic rings. The van der Waals surface area contributed by atoms with Crippen LogP contribution in [0.15, 0.2) is 10.2 Å². The summed E-state index contributed by atoms with van der Waals surface area (Å²) in [6.07, 6.45) is 9.80. The van der Waals surface area contributed by atoms with Gasteiger partial charge < -0.3 is 40.1 Å². The zero-order valence-corrected chi connectivity index (χ0v) is 25.8. The van der Waals surface area contributed by atoms with Crippen molar-refractivity contribution in [2.24, 2.45) is 10.2 Å². The second-order valence-corrected chi connectivity index (χ2v) is 12.1. The molecule has 0 aromatic carbocycles. The van der Waals surface area contributed by atoms with Crippen LogP contribution in [0.5, 0.6) is 0 Å². The van der Waals surface area contributed by atoms with Gasteiger partial charge in [-0.1, -0.05) is 12.8 Å². The van der Waals surface area contributed by atoms with Gasteiger partial charge in [0.15, 0.2) is 0 Å². The lowest BCUT2D eigenvalue weighted by Gasteiger charge is -2.38. The standard InChI is InChI=1S/C30H58N4O8/c35-19-11-13-29(39)31-33(15-5-3-6-16-33)23-27(37)25-41-21-9-1-2-10-22-42-26-28(38)24-34(17-7-4-8-18-34)32-30(40)14-12-20-36/h27-28,35-38H,1-26H2. The summed E-state index contributed by atoms with van der Waals surface area (Å²) in [5.41, 5.74) is 0. The van der Waals surface area contributed by atoms with Crippen molar-refractivity contribution in [1.82, 2.24) is 0 Å². The SMILES string of the molecule is [O-]/C(CCCO)=N\[N+]1(CC(O)COCCCCCCOCC(O)C[N+]2(/N=C(\[O-])CCCO)CCCCC2)CCCCC1. The zero-order chi connectivity index (χ0) is 30.5. The summed E-state index contributed by atoms with van der Waals surface area (Å²) in [6, 6.07) is 0. The summed E-state index contributed by atoms with van der Waals surface area (Å²) in [5, 5.41) is 72.4. The number of likely N-dealkylation sites (tertiary alicyclic amines) is 2. The molecule has 12 heteroatoms. The van der Waals surface area contributed by atoms with E-state index < -0.39 is 12.2 Å². The molecule has 0 spiro atoms. The van der Waals surface area contributed by atoms with Crippen LogP contribution < -0.4 is 10.2 Å². The van der Waals surface area contributed by atoms with E-state index in [4.69, 9.17) is 19.7 Å². The van der Waals surface area contributed by atoms with E-state index in [-0.39, 0.29) is 60.2 Å². The van der Waals surface area contributed by atoms with E-state index in [9.17, 15) is 20.4 Å². The second kappa shape index (κ2) is 21.3. The number of hydrogen-bond donors (Lipinski definition) is 4. The molecule has 0 aromatic heterocycles. The molecule has 2 heterocycles. The van der Waals surface area contributed by atoms with Gasteiger partial charge in [0.2, 0.25) is 0 Å². The summed E-state index contributed by atoms with van der Waals surface area (Å²) in [5.74, 6) is -0.413. The molecule has 0 bridgehead atoms. The van der Waals surface area contributed by atoms with Crippen molar-refractivity contribution in [2.75, 3.05) is 78.9 Å². The molecule has 2 saturated heterocycles. The number of rotatable bonds is 23. The zero-order valence-electron chi connectivity index (χ0n) is 25.8. The first-order valence-corrected chi connectivity index (χ1v) is 16.3. The Balaban J connectivity index is 1.56. The number of piperidine rings is 2. The molecule has 2 atom stereocenters. The molecule has 12 nitrogen and oxygen atoms in total. The Kier molecular flexibility index (Phi) is 18.7. The topological polar surface area (TPSA) is 170 Å². The first-order valence-electron chi connectivity index (χ1n) is 16.3. The van der Waals surface area contributed by atoms with Gasteiger partial charge in [-0.25, -0.2) is 0 Å². The van der Waals surface area contributed by atoms with Crippen molar-refractivity contribution in [3.05, 3.63) is 0 Å². The molecule has 0 aromatic rings. The number of quaternary nitrogens is 2. The van der Waals surface area contributed by atoms with Gasteiger partial charge in [-0.15, -0.1) is 10.2 Å². The van der Waals surface area contributed by atoms with Crippen LogP contribution in [0.1, 0.15) is 89.9 Å². The van der Waals surface area contributed by atoms with Crippen LogP contribution in [0.3, 0.4) is 0 Å². The van der Waals surface area contributed by atoms with Gasteiger partial charge in [-0.3, -0.25) is 0 Å². The number of unbranched alkanes of at least 4 members (excludes halogenated alkanes) is 3. The van der Waals surface area contributed by atoms with E-state index in [0.717, 1.165) is 90.4 Å². The van der Waals surface area contributed by atoms with E-state index in [2.05, 4.69) is 10.2 Å². The van der Waals surface area contributed by atoms with Crippen molar-refractivity contribution >= 4 is 11.8 Å². The highest BCUT2D eigenvalue weighted by molar-refractivity contribution is 5.70. The number of aliphatic hydroxyl groups excluding tert-OH is 4. The average molecular weight is 603 g/mol. The fourth-order valence-corrected chi connectivity index (χ4v) is 5.97. The van der Waals surface area contributed by atoms with Crippen molar-refractivity contribution in [3.63, 3.8) is 0 Å². The molecule has 4 N–H and O–H groups in total. The fourth-order valence-electron chi connectivity index (χ4n) is 5.97. The minimum Gasteiger partial charge on any atom is -0.858 e. The van der Waals surface area contributed by atoms with Gasteiger partial charge in [0, 0.05) is 38.2 Å². The smallest absolute Gasteiger partial charge is 0.131 e. The summed E-state index contributed by atoms with van der Waals surface area (Å²) in [4.78, 5) is 0. The van der Waals surface area contributed by atoms with E-state index in [1.165, 1.54) is 0 Å². The molecule has 0 amide bonds. The molecule has 2 aliphatic heterocycles. The van der Waals surface area contributed by atoms with Crippen LogP contribution in [0, 0.1) is 0 Å². The molecule has 0 aliphatic carbocycles. The predicted octanol–water partition coefficient (Wildman–Crippen LogP) is 0.196. The first-order chi connectivity index (χ1) is 20.3. The van der Waals surface area contributed by atoms with Crippen LogP contribution in [-0.4, -0.2) is 133 Å². The molecule has 246 valence electrons. The lowest BCUT2D eigenvalue weighted by molar-refractivity contribution is -0.942. The van der Waals surface area contributed by atoms with Crippen molar-refractivity contribution in [1.29, 1.82) is 0 Å². The number of hydrogen-bond acceptors (Lipinski definition) is 10. The maximum atomic E-state index is 12.2. The second-order valence-electron chi connectivity index (χ2n) is 12.1. The van der Waals surface area contributed by atoms with Gasteiger partial charge in [0.25, 0.3) is 0 Å². The maximum absolute atomic E-state index is 12.2. The van der Waals surface area contributed by atoms with E-state index >= 15 is 0 Å². The Morgan fingerprint density at radius 1 is 0.595 bits per heavy atom. The monoisotopic (exact) mass is 602 g/mol. The highest BCUT2D eigenvalue weighted by Crippen LogP contribution is 2.22. The predicted molar refractivity (Wildman–Crippen MR) is 157 cm³/mol. The highest BCUT2D eigenvalue weighted by atomic mass is 16.5. The lowest BCUT2D eigenvalue weighted by atomic mass is 10.1. The van der Waals surface area contributed by atoms with Crippen molar-refractivity contribution in [3.8, 4) is 0 Å². The third-order valence-corrected chi connectivity index (χ3v) is 8.09. The molecule has 2 rings (SSSR count). The van der Waals surface area contributed by atoms with Crippen LogP contribution >= 0.6 is 0 Å². The Morgan fingerprint density at radius 3 is 1.33 bits per heavy atom. The maximum Gasteiger partial charge on any atom is 0.131 e. The van der Waals surface area contributed by atoms with Crippen LogP contribution in [-0.2, 0) is 9.47 Å². The van der Waals surface area contributed by atoms with Gasteiger partial charge in [-0.2, -0.15) is 9.18 Å². The molecular formula is C30H58N4O8. The van der Waals surface area contributed by atoms with Gasteiger partial charge in [-0.05, 0) is 77.0 Å². The normalized spacial score (nSPS) is 20.9. The minimum atomic E-state index is -0.685. The molecular weight excluding hydrogens is 544 g/mol. The number of nitrogens with zero attached hydrogens (tertiary/aromatic N) is 4. The molecule has 0 radical (unpaired) electrons. The minimum absolute atomic E-state index is 0.0252. The number of aliphatic hydroxyl groups is 4. The van der Waals surface area contributed by atoms with Crippen LogP contribution in [0.2, 0.25) is 0 Å². The summed E-state index contributed by atoms with van der Waals surface area (Å²) >= 11 is 0. The van der Waals surface area contributed by atoms with Gasteiger partial charge in [0.05, 0.1) is 13.2 Å².